The Kier molecular flexibility index (Phi) is 9.38. The van der Waals surface area contributed by atoms with Crippen LogP contribution in [0.3, 0.4) is 0 Å². The van der Waals surface area contributed by atoms with Crippen molar-refractivity contribution in [2.75, 3.05) is 32.0 Å². The Bertz CT molecular complexity index is 449. The molecule has 23 heavy (non-hydrogen) atoms. The Morgan fingerprint density at radius 3 is 2.61 bits per heavy atom. The molecular weight excluding hydrogens is 342 g/mol. The van der Waals surface area contributed by atoms with Gasteiger partial charge in [0, 0.05) is 19.7 Å². The predicted molar refractivity (Wildman–Crippen MR) is 91.3 cm³/mol. The topological polar surface area (TPSA) is 96.5 Å². The van der Waals surface area contributed by atoms with Crippen molar-refractivity contribution in [3.63, 3.8) is 0 Å². The van der Waals surface area contributed by atoms with Crippen LogP contribution >= 0.6 is 12.4 Å². The van der Waals surface area contributed by atoms with Crippen LogP contribution in [0.25, 0.3) is 0 Å². The summed E-state index contributed by atoms with van der Waals surface area (Å²) in [4.78, 5) is 11.9. The number of sulfonamides is 1. The molecule has 1 amide bonds. The van der Waals surface area contributed by atoms with Gasteiger partial charge in [0.25, 0.3) is 0 Å². The summed E-state index contributed by atoms with van der Waals surface area (Å²) in [5.74, 6) is -0.205. The first-order chi connectivity index (χ1) is 10.6. The Labute approximate surface area is 144 Å². The molecule has 0 aromatic carbocycles. The van der Waals surface area contributed by atoms with Crippen LogP contribution in [-0.2, 0) is 19.6 Å². The number of ether oxygens (including phenoxy) is 1. The minimum absolute atomic E-state index is 0. The van der Waals surface area contributed by atoms with Crippen LogP contribution in [0.4, 0.5) is 0 Å². The lowest BCUT2D eigenvalue weighted by Crippen LogP contribution is -2.48. The zero-order valence-electron chi connectivity index (χ0n) is 13.4. The number of hydrogen-bond donors (Lipinski definition) is 3. The highest BCUT2D eigenvalue weighted by atomic mass is 35.5. The van der Waals surface area contributed by atoms with E-state index in [9.17, 15) is 13.2 Å². The van der Waals surface area contributed by atoms with Crippen molar-refractivity contribution >= 4 is 28.3 Å². The Morgan fingerprint density at radius 1 is 1.17 bits per heavy atom. The zero-order chi connectivity index (χ0) is 15.8. The van der Waals surface area contributed by atoms with E-state index in [1.165, 1.54) is 0 Å². The molecule has 136 valence electrons. The highest BCUT2D eigenvalue weighted by Crippen LogP contribution is 2.11. The summed E-state index contributed by atoms with van der Waals surface area (Å²) >= 11 is 0. The SMILES string of the molecule is Cl.O=C(NCCS(=O)(=O)NCC1CCCCO1)C1CCCCN1. The molecule has 2 aliphatic rings. The largest absolute Gasteiger partial charge is 0.377 e. The van der Waals surface area contributed by atoms with Crippen LogP contribution < -0.4 is 15.4 Å². The number of carbonyl (C=O) groups excluding carboxylic acids is 1. The van der Waals surface area contributed by atoms with Crippen LogP contribution in [0.15, 0.2) is 0 Å². The van der Waals surface area contributed by atoms with E-state index in [4.69, 9.17) is 4.74 Å². The molecule has 0 spiro atoms. The number of rotatable bonds is 7. The van der Waals surface area contributed by atoms with Crippen LogP contribution in [0, 0.1) is 0 Å². The summed E-state index contributed by atoms with van der Waals surface area (Å²) in [7, 11) is -3.37. The number of piperidine rings is 1. The average molecular weight is 370 g/mol. The van der Waals surface area contributed by atoms with E-state index in [1.54, 1.807) is 0 Å². The molecule has 2 atom stereocenters. The lowest BCUT2D eigenvalue weighted by atomic mass is 10.0. The molecule has 0 saturated carbocycles. The van der Waals surface area contributed by atoms with Gasteiger partial charge in [-0.2, -0.15) is 0 Å². The highest BCUT2D eigenvalue weighted by molar-refractivity contribution is 7.89. The maximum absolute atomic E-state index is 11.9. The smallest absolute Gasteiger partial charge is 0.237 e. The summed E-state index contributed by atoms with van der Waals surface area (Å²) in [6.45, 7) is 2.01. The third-order valence-corrected chi connectivity index (χ3v) is 5.45. The second-order valence-electron chi connectivity index (χ2n) is 5.95. The Hall–Kier alpha value is -0.410. The molecule has 0 aliphatic carbocycles. The van der Waals surface area contributed by atoms with Crippen molar-refractivity contribution < 1.29 is 17.9 Å². The molecule has 2 rings (SSSR count). The first kappa shape index (κ1) is 20.6. The van der Waals surface area contributed by atoms with Gasteiger partial charge in [0.2, 0.25) is 15.9 Å². The number of amides is 1. The molecule has 7 nitrogen and oxygen atoms in total. The molecule has 0 aromatic heterocycles. The monoisotopic (exact) mass is 369 g/mol. The van der Waals surface area contributed by atoms with Crippen LogP contribution in [-0.4, -0.2) is 58.5 Å². The molecule has 2 unspecified atom stereocenters. The molecule has 2 heterocycles. The summed E-state index contributed by atoms with van der Waals surface area (Å²) in [6, 6.07) is -0.181. The predicted octanol–water partition coefficient (Wildman–Crippen LogP) is 0.155. The second kappa shape index (κ2) is 10.5. The molecule has 2 aliphatic heterocycles. The highest BCUT2D eigenvalue weighted by Gasteiger charge is 2.21. The van der Waals surface area contributed by atoms with Crippen molar-refractivity contribution in [1.82, 2.24) is 15.4 Å². The minimum Gasteiger partial charge on any atom is -0.377 e. The fourth-order valence-corrected chi connectivity index (χ4v) is 3.72. The third kappa shape index (κ3) is 7.80. The molecular formula is C14H28ClN3O4S. The van der Waals surface area contributed by atoms with Gasteiger partial charge in [-0.15, -0.1) is 12.4 Å². The fraction of sp³-hybridized carbons (Fsp3) is 0.929. The van der Waals surface area contributed by atoms with Gasteiger partial charge in [0.15, 0.2) is 0 Å². The third-order valence-electron chi connectivity index (χ3n) is 4.10. The van der Waals surface area contributed by atoms with E-state index in [-0.39, 0.29) is 42.8 Å². The number of carbonyl (C=O) groups is 1. The summed E-state index contributed by atoms with van der Waals surface area (Å²) in [5, 5.41) is 5.84. The zero-order valence-corrected chi connectivity index (χ0v) is 15.0. The number of hydrogen-bond acceptors (Lipinski definition) is 5. The molecule has 0 bridgehead atoms. The first-order valence-corrected chi connectivity index (χ1v) is 9.82. The lowest BCUT2D eigenvalue weighted by Gasteiger charge is -2.23. The van der Waals surface area contributed by atoms with E-state index in [0.717, 1.165) is 45.1 Å². The Balaban J connectivity index is 0.00000264. The van der Waals surface area contributed by atoms with Crippen molar-refractivity contribution in [1.29, 1.82) is 0 Å². The molecule has 9 heteroatoms. The van der Waals surface area contributed by atoms with Crippen LogP contribution in [0.5, 0.6) is 0 Å². The standard InChI is InChI=1S/C14H27N3O4S.ClH/c18-14(13-6-1-3-7-15-13)16-8-10-22(19,20)17-11-12-5-2-4-9-21-12;/h12-13,15,17H,1-11H2,(H,16,18);1H. The van der Waals surface area contributed by atoms with Gasteiger partial charge >= 0.3 is 0 Å². The van der Waals surface area contributed by atoms with Gasteiger partial charge in [-0.3, -0.25) is 4.79 Å². The molecule has 3 N–H and O–H groups in total. The number of halogens is 1. The van der Waals surface area contributed by atoms with Gasteiger partial charge in [0.1, 0.15) is 0 Å². The fourth-order valence-electron chi connectivity index (χ4n) is 2.77. The van der Waals surface area contributed by atoms with Crippen molar-refractivity contribution in [3.8, 4) is 0 Å². The van der Waals surface area contributed by atoms with E-state index >= 15 is 0 Å². The lowest BCUT2D eigenvalue weighted by molar-refractivity contribution is -0.123. The van der Waals surface area contributed by atoms with E-state index in [1.807, 2.05) is 0 Å². The molecule has 2 saturated heterocycles. The normalized spacial score (nSPS) is 25.4. The van der Waals surface area contributed by atoms with E-state index in [0.29, 0.717) is 13.2 Å². The maximum atomic E-state index is 11.9. The van der Waals surface area contributed by atoms with Crippen molar-refractivity contribution in [2.24, 2.45) is 0 Å². The minimum atomic E-state index is -3.37. The second-order valence-corrected chi connectivity index (χ2v) is 7.88. The van der Waals surface area contributed by atoms with Crippen LogP contribution in [0.2, 0.25) is 0 Å². The van der Waals surface area contributed by atoms with Gasteiger partial charge in [0.05, 0.1) is 17.9 Å². The van der Waals surface area contributed by atoms with Crippen molar-refractivity contribution in [2.45, 2.75) is 50.7 Å². The van der Waals surface area contributed by atoms with E-state index < -0.39 is 10.0 Å². The van der Waals surface area contributed by atoms with Gasteiger partial charge in [-0.05, 0) is 38.6 Å². The summed E-state index contributed by atoms with van der Waals surface area (Å²) < 4.78 is 31.8. The summed E-state index contributed by atoms with van der Waals surface area (Å²) in [5.41, 5.74) is 0. The van der Waals surface area contributed by atoms with Crippen molar-refractivity contribution in [3.05, 3.63) is 0 Å². The van der Waals surface area contributed by atoms with Gasteiger partial charge in [-0.1, -0.05) is 6.42 Å². The van der Waals surface area contributed by atoms with Crippen LogP contribution in [0.1, 0.15) is 38.5 Å². The molecule has 2 fully saturated rings. The molecule has 0 aromatic rings. The van der Waals surface area contributed by atoms with E-state index in [2.05, 4.69) is 15.4 Å². The van der Waals surface area contributed by atoms with Gasteiger partial charge in [-0.25, -0.2) is 13.1 Å². The maximum Gasteiger partial charge on any atom is 0.237 e. The number of nitrogens with one attached hydrogen (secondary N) is 3. The first-order valence-electron chi connectivity index (χ1n) is 8.17. The Morgan fingerprint density at radius 2 is 1.96 bits per heavy atom. The quantitative estimate of drug-likeness (QED) is 0.593. The molecule has 0 radical (unpaired) electrons. The summed E-state index contributed by atoms with van der Waals surface area (Å²) in [6.07, 6.45) is 5.94. The average Bonchev–Trinajstić information content (AvgIpc) is 2.55. The van der Waals surface area contributed by atoms with Gasteiger partial charge < -0.3 is 15.4 Å².